The van der Waals surface area contributed by atoms with Crippen LogP contribution in [-0.2, 0) is 6.54 Å². The quantitative estimate of drug-likeness (QED) is 0.468. The molecule has 0 bridgehead atoms. The van der Waals surface area contributed by atoms with Crippen LogP contribution < -0.4 is 10.6 Å². The van der Waals surface area contributed by atoms with Crippen LogP contribution in [0, 0.1) is 5.82 Å². The highest BCUT2D eigenvalue weighted by Crippen LogP contribution is 2.22. The summed E-state index contributed by atoms with van der Waals surface area (Å²) in [6.07, 6.45) is 3.79. The van der Waals surface area contributed by atoms with Crippen molar-refractivity contribution in [1.82, 2.24) is 9.88 Å². The van der Waals surface area contributed by atoms with Crippen LogP contribution in [0.5, 0.6) is 0 Å². The van der Waals surface area contributed by atoms with E-state index < -0.39 is 0 Å². The predicted octanol–water partition coefficient (Wildman–Crippen LogP) is 5.11. The van der Waals surface area contributed by atoms with E-state index in [0.717, 1.165) is 38.2 Å². The fraction of sp³-hybridized carbons (Fsp3) is 0.333. The zero-order chi connectivity index (χ0) is 23.8. The monoisotopic (exact) mass is 448 g/mol. The summed E-state index contributed by atoms with van der Waals surface area (Å²) in [6.45, 7) is 6.93. The molecule has 2 aromatic carbocycles. The molecule has 0 aliphatic carbocycles. The van der Waals surface area contributed by atoms with Gasteiger partial charge in [-0.25, -0.2) is 4.39 Å². The number of benzene rings is 2. The Morgan fingerprint density at radius 1 is 1.09 bits per heavy atom. The maximum atomic E-state index is 14.0. The van der Waals surface area contributed by atoms with Gasteiger partial charge in [0.1, 0.15) is 5.82 Å². The topological polar surface area (TPSA) is 62.5 Å². The van der Waals surface area contributed by atoms with Gasteiger partial charge in [-0.1, -0.05) is 37.6 Å². The number of pyridine rings is 1. The second-order valence-electron chi connectivity index (χ2n) is 8.51. The number of carbonyl (C=O) groups excluding carboxylic acids is 1. The number of anilines is 1. The van der Waals surface area contributed by atoms with Crippen molar-refractivity contribution in [2.24, 2.45) is 5.73 Å². The van der Waals surface area contributed by atoms with Gasteiger partial charge in [0.25, 0.3) is 5.91 Å². The smallest absolute Gasteiger partial charge is 0.259 e. The van der Waals surface area contributed by atoms with Gasteiger partial charge >= 0.3 is 0 Å². The van der Waals surface area contributed by atoms with Crippen LogP contribution in [0.25, 0.3) is 11.3 Å². The molecule has 0 saturated carbocycles. The summed E-state index contributed by atoms with van der Waals surface area (Å²) >= 11 is 0. The molecule has 1 atom stereocenters. The van der Waals surface area contributed by atoms with Gasteiger partial charge in [-0.05, 0) is 61.9 Å². The van der Waals surface area contributed by atoms with Crippen LogP contribution in [0.3, 0.4) is 0 Å². The molecule has 3 aromatic rings. The van der Waals surface area contributed by atoms with Crippen molar-refractivity contribution in [3.8, 4) is 11.3 Å². The minimum atomic E-state index is -0.338. The van der Waals surface area contributed by atoms with Crippen molar-refractivity contribution in [3.05, 3.63) is 83.8 Å². The van der Waals surface area contributed by atoms with E-state index in [-0.39, 0.29) is 17.8 Å². The Bertz CT molecular complexity index is 1030. The summed E-state index contributed by atoms with van der Waals surface area (Å²) in [4.78, 5) is 21.2. The second-order valence-corrected chi connectivity index (χ2v) is 8.51. The van der Waals surface area contributed by atoms with Crippen molar-refractivity contribution in [2.45, 2.75) is 39.3 Å². The highest BCUT2D eigenvalue weighted by atomic mass is 19.1. The van der Waals surface area contributed by atoms with E-state index in [1.165, 1.54) is 17.8 Å². The van der Waals surface area contributed by atoms with E-state index in [9.17, 15) is 9.18 Å². The Kier molecular flexibility index (Phi) is 8.69. The van der Waals surface area contributed by atoms with Crippen LogP contribution in [0.4, 0.5) is 10.1 Å². The first-order valence-corrected chi connectivity index (χ1v) is 11.4. The van der Waals surface area contributed by atoms with Crippen LogP contribution in [0.15, 0.2) is 66.9 Å². The minimum absolute atomic E-state index is 0.128. The van der Waals surface area contributed by atoms with Crippen molar-refractivity contribution in [2.75, 3.05) is 25.0 Å². The molecule has 1 amide bonds. The summed E-state index contributed by atoms with van der Waals surface area (Å²) in [5.74, 6) is -0.507. The van der Waals surface area contributed by atoms with Gasteiger partial charge in [0.05, 0.1) is 11.3 Å². The molecule has 1 unspecified atom stereocenters. The standard InChI is InChI=1S/C27H33FN4O/c1-4-5-16-32(18-20(2)29)19-21-10-13-23(14-11-21)31(3)27(33)22-12-15-26(30-17-22)24-8-6-7-9-25(24)28/h6-15,17,20H,4-5,16,18-19,29H2,1-3H3. The lowest BCUT2D eigenvalue weighted by molar-refractivity contribution is 0.0992. The van der Waals surface area contributed by atoms with Crippen LogP contribution in [0.1, 0.15) is 42.6 Å². The van der Waals surface area contributed by atoms with Crippen molar-refractivity contribution in [1.29, 1.82) is 0 Å². The van der Waals surface area contributed by atoms with E-state index in [2.05, 4.69) is 28.9 Å². The SMILES string of the molecule is CCCCN(Cc1ccc(N(C)C(=O)c2ccc(-c3ccccc3F)nc2)cc1)CC(C)N. The minimum Gasteiger partial charge on any atom is -0.327 e. The Hall–Kier alpha value is -3.09. The number of hydrogen-bond acceptors (Lipinski definition) is 4. The molecule has 0 aliphatic rings. The highest BCUT2D eigenvalue weighted by molar-refractivity contribution is 6.05. The molecule has 0 spiro atoms. The highest BCUT2D eigenvalue weighted by Gasteiger charge is 2.15. The number of nitrogens with zero attached hydrogens (tertiary/aromatic N) is 3. The average Bonchev–Trinajstić information content (AvgIpc) is 2.82. The Morgan fingerprint density at radius 2 is 1.82 bits per heavy atom. The van der Waals surface area contributed by atoms with Crippen LogP contribution in [0.2, 0.25) is 0 Å². The van der Waals surface area contributed by atoms with E-state index in [0.29, 0.717) is 16.8 Å². The zero-order valence-corrected chi connectivity index (χ0v) is 19.7. The third-order valence-corrected chi connectivity index (χ3v) is 5.57. The van der Waals surface area contributed by atoms with Gasteiger partial charge < -0.3 is 10.6 Å². The zero-order valence-electron chi connectivity index (χ0n) is 19.7. The summed E-state index contributed by atoms with van der Waals surface area (Å²) in [6, 6.07) is 18.0. The lowest BCUT2D eigenvalue weighted by atomic mass is 10.1. The number of hydrogen-bond donors (Lipinski definition) is 1. The van der Waals surface area contributed by atoms with Gasteiger partial charge in [-0.15, -0.1) is 0 Å². The van der Waals surface area contributed by atoms with Crippen molar-refractivity contribution >= 4 is 11.6 Å². The summed E-state index contributed by atoms with van der Waals surface area (Å²) in [5.41, 5.74) is 9.36. The van der Waals surface area contributed by atoms with Crippen LogP contribution in [-0.4, -0.2) is 42.0 Å². The van der Waals surface area contributed by atoms with Gasteiger partial charge in [0.15, 0.2) is 0 Å². The third-order valence-electron chi connectivity index (χ3n) is 5.57. The molecule has 5 nitrogen and oxygen atoms in total. The molecule has 0 fully saturated rings. The van der Waals surface area contributed by atoms with Gasteiger partial charge in [0.2, 0.25) is 0 Å². The number of unbranched alkanes of at least 4 members (excludes halogenated alkanes) is 1. The van der Waals surface area contributed by atoms with Gasteiger partial charge in [0, 0.05) is 43.6 Å². The summed E-state index contributed by atoms with van der Waals surface area (Å²) in [5, 5.41) is 0. The predicted molar refractivity (Wildman–Crippen MR) is 133 cm³/mol. The summed E-state index contributed by atoms with van der Waals surface area (Å²) < 4.78 is 14.0. The first-order valence-electron chi connectivity index (χ1n) is 11.4. The Balaban J connectivity index is 1.67. The van der Waals surface area contributed by atoms with E-state index in [1.54, 1.807) is 42.3 Å². The number of carbonyl (C=O) groups is 1. The Labute approximate surface area is 196 Å². The van der Waals surface area contributed by atoms with Gasteiger partial charge in [-0.3, -0.25) is 14.7 Å². The lowest BCUT2D eigenvalue weighted by Crippen LogP contribution is -2.35. The van der Waals surface area contributed by atoms with E-state index in [1.807, 2.05) is 19.1 Å². The van der Waals surface area contributed by atoms with Crippen molar-refractivity contribution < 1.29 is 9.18 Å². The molecule has 174 valence electrons. The maximum Gasteiger partial charge on any atom is 0.259 e. The summed E-state index contributed by atoms with van der Waals surface area (Å²) in [7, 11) is 1.74. The second kappa shape index (κ2) is 11.7. The van der Waals surface area contributed by atoms with Gasteiger partial charge in [-0.2, -0.15) is 0 Å². The lowest BCUT2D eigenvalue weighted by Gasteiger charge is -2.24. The molecular weight excluding hydrogens is 415 g/mol. The maximum absolute atomic E-state index is 14.0. The number of halogens is 1. The van der Waals surface area contributed by atoms with E-state index in [4.69, 9.17) is 5.73 Å². The third kappa shape index (κ3) is 6.70. The molecule has 1 aromatic heterocycles. The molecular formula is C27H33FN4O. The van der Waals surface area contributed by atoms with Crippen LogP contribution >= 0.6 is 0 Å². The number of aromatic nitrogens is 1. The number of rotatable bonds is 10. The molecule has 0 saturated heterocycles. The average molecular weight is 449 g/mol. The first-order chi connectivity index (χ1) is 15.9. The molecule has 0 radical (unpaired) electrons. The normalized spacial score (nSPS) is 12.1. The number of nitrogens with two attached hydrogens (primary N) is 1. The largest absolute Gasteiger partial charge is 0.327 e. The molecule has 6 heteroatoms. The Morgan fingerprint density at radius 3 is 2.42 bits per heavy atom. The fourth-order valence-electron chi connectivity index (χ4n) is 3.77. The molecule has 1 heterocycles. The molecule has 2 N–H and O–H groups in total. The van der Waals surface area contributed by atoms with E-state index >= 15 is 0 Å². The molecule has 0 aliphatic heterocycles. The van der Waals surface area contributed by atoms with Crippen molar-refractivity contribution in [3.63, 3.8) is 0 Å². The molecule has 3 rings (SSSR count). The molecule has 33 heavy (non-hydrogen) atoms. The fourth-order valence-corrected chi connectivity index (χ4v) is 3.77. The number of amides is 1. The first kappa shape index (κ1) is 24.6.